The highest BCUT2D eigenvalue weighted by Crippen LogP contribution is 2.32. The molecule has 0 unspecified atom stereocenters. The number of Topliss-reactive ketones (excluding diaryl/α,β-unsaturated/α-hetero) is 2. The number of hydrogen-bond donors (Lipinski definition) is 0. The Bertz CT molecular complexity index is 915. The number of halogens is 3. The van der Waals surface area contributed by atoms with Crippen molar-refractivity contribution in [3.8, 4) is 0 Å². The average molecular weight is 378 g/mol. The highest BCUT2D eigenvalue weighted by Gasteiger charge is 2.34. The van der Waals surface area contributed by atoms with E-state index >= 15 is 0 Å². The first-order chi connectivity index (χ1) is 12.7. The van der Waals surface area contributed by atoms with Gasteiger partial charge in [0.15, 0.2) is 5.71 Å². The summed E-state index contributed by atoms with van der Waals surface area (Å²) in [7, 11) is 0. The zero-order valence-electron chi connectivity index (χ0n) is 14.7. The van der Waals surface area contributed by atoms with E-state index in [9.17, 15) is 22.8 Å². The van der Waals surface area contributed by atoms with Gasteiger partial charge in [-0.15, -0.1) is 0 Å². The molecule has 0 N–H and O–H groups in total. The second kappa shape index (κ2) is 6.98. The van der Waals surface area contributed by atoms with Crippen LogP contribution in [0.15, 0.2) is 41.6 Å². The first-order valence-corrected chi connectivity index (χ1v) is 8.30. The molecule has 1 aliphatic heterocycles. The maximum absolute atomic E-state index is 13.0. The molecule has 3 rings (SSSR count). The SMILES string of the molecule is CC(C)Cn1nccc1C1=NN(c2cccc(C(F)(F)F)c2)CC(=O)C1=O. The van der Waals surface area contributed by atoms with Crippen molar-refractivity contribution in [1.29, 1.82) is 0 Å². The molecule has 0 atom stereocenters. The maximum Gasteiger partial charge on any atom is 0.416 e. The molecule has 0 spiro atoms. The van der Waals surface area contributed by atoms with Gasteiger partial charge in [-0.2, -0.15) is 23.4 Å². The number of anilines is 1. The third kappa shape index (κ3) is 3.91. The van der Waals surface area contributed by atoms with Gasteiger partial charge >= 0.3 is 6.18 Å². The summed E-state index contributed by atoms with van der Waals surface area (Å²) in [5.41, 5.74) is -0.537. The summed E-state index contributed by atoms with van der Waals surface area (Å²) in [5.74, 6) is -1.28. The number of hydrogen-bond acceptors (Lipinski definition) is 5. The zero-order valence-corrected chi connectivity index (χ0v) is 14.7. The van der Waals surface area contributed by atoms with E-state index in [1.165, 1.54) is 18.3 Å². The number of carbonyl (C=O) groups excluding carboxylic acids is 2. The number of alkyl halides is 3. The molecule has 0 aliphatic carbocycles. The molecule has 9 heteroatoms. The Morgan fingerprint density at radius 2 is 1.93 bits per heavy atom. The number of ketones is 2. The molecule has 1 aromatic heterocycles. The molecule has 6 nitrogen and oxygen atoms in total. The first kappa shape index (κ1) is 18.8. The van der Waals surface area contributed by atoms with Gasteiger partial charge in [-0.05, 0) is 30.2 Å². The lowest BCUT2D eigenvalue weighted by Gasteiger charge is -2.24. The fourth-order valence-corrected chi connectivity index (χ4v) is 2.73. The summed E-state index contributed by atoms with van der Waals surface area (Å²) in [6, 6.07) is 6.03. The van der Waals surface area contributed by atoms with Crippen LogP contribution in [0.5, 0.6) is 0 Å². The highest BCUT2D eigenvalue weighted by atomic mass is 19.4. The second-order valence-electron chi connectivity index (χ2n) is 6.60. The first-order valence-electron chi connectivity index (χ1n) is 8.30. The van der Waals surface area contributed by atoms with Crippen LogP contribution in [0.1, 0.15) is 25.1 Å². The van der Waals surface area contributed by atoms with Crippen molar-refractivity contribution in [2.75, 3.05) is 11.6 Å². The van der Waals surface area contributed by atoms with Gasteiger partial charge in [-0.3, -0.25) is 19.3 Å². The highest BCUT2D eigenvalue weighted by molar-refractivity contribution is 6.69. The van der Waals surface area contributed by atoms with Gasteiger partial charge in [-0.1, -0.05) is 19.9 Å². The average Bonchev–Trinajstić information content (AvgIpc) is 3.03. The number of hydrazone groups is 1. The molecule has 2 heterocycles. The third-order valence-corrected chi connectivity index (χ3v) is 3.95. The van der Waals surface area contributed by atoms with Gasteiger partial charge < -0.3 is 0 Å². The number of aromatic nitrogens is 2. The normalized spacial score (nSPS) is 15.5. The molecule has 0 radical (unpaired) electrons. The summed E-state index contributed by atoms with van der Waals surface area (Å²) in [5, 5.41) is 9.42. The van der Waals surface area contributed by atoms with Crippen molar-refractivity contribution in [3.63, 3.8) is 0 Å². The molecule has 1 aromatic carbocycles. The van der Waals surface area contributed by atoms with E-state index in [1.54, 1.807) is 10.7 Å². The molecule has 0 bridgehead atoms. The van der Waals surface area contributed by atoms with Crippen LogP contribution in [-0.2, 0) is 22.3 Å². The van der Waals surface area contributed by atoms with Crippen LogP contribution in [0.3, 0.4) is 0 Å². The maximum atomic E-state index is 13.0. The van der Waals surface area contributed by atoms with Gasteiger partial charge in [-0.25, -0.2) is 0 Å². The molecule has 142 valence electrons. The molecule has 27 heavy (non-hydrogen) atoms. The minimum Gasteiger partial charge on any atom is -0.288 e. The molecule has 2 aromatic rings. The summed E-state index contributed by atoms with van der Waals surface area (Å²) in [6.45, 7) is 4.03. The smallest absolute Gasteiger partial charge is 0.288 e. The fraction of sp³-hybridized carbons (Fsp3) is 0.333. The van der Waals surface area contributed by atoms with Crippen molar-refractivity contribution in [2.24, 2.45) is 11.0 Å². The van der Waals surface area contributed by atoms with Crippen molar-refractivity contribution in [2.45, 2.75) is 26.6 Å². The summed E-state index contributed by atoms with van der Waals surface area (Å²) >= 11 is 0. The standard InChI is InChI=1S/C18H17F3N4O2/c1-11(2)9-25-14(6-7-22-25)16-17(27)15(26)10-24(23-16)13-5-3-4-12(8-13)18(19,20)21/h3-8,11H,9-10H2,1-2H3. The van der Waals surface area contributed by atoms with Crippen LogP contribution in [0.2, 0.25) is 0 Å². The number of carbonyl (C=O) groups is 2. The van der Waals surface area contributed by atoms with Crippen LogP contribution in [0.25, 0.3) is 0 Å². The van der Waals surface area contributed by atoms with Gasteiger partial charge in [0.2, 0.25) is 5.78 Å². The lowest BCUT2D eigenvalue weighted by atomic mass is 10.1. The van der Waals surface area contributed by atoms with Crippen LogP contribution < -0.4 is 5.01 Å². The fourth-order valence-electron chi connectivity index (χ4n) is 2.73. The zero-order chi connectivity index (χ0) is 19.8. The van der Waals surface area contributed by atoms with Gasteiger partial charge in [0.05, 0.1) is 16.9 Å². The summed E-state index contributed by atoms with van der Waals surface area (Å²) in [6.07, 6.45) is -3.03. The Balaban J connectivity index is 2.03. The molecule has 1 aliphatic rings. The van der Waals surface area contributed by atoms with E-state index in [2.05, 4.69) is 10.2 Å². The summed E-state index contributed by atoms with van der Waals surface area (Å²) < 4.78 is 40.4. The largest absolute Gasteiger partial charge is 0.416 e. The monoisotopic (exact) mass is 378 g/mol. The van der Waals surface area contributed by atoms with Crippen molar-refractivity contribution < 1.29 is 22.8 Å². The Labute approximate surface area is 153 Å². The van der Waals surface area contributed by atoms with Crippen LogP contribution in [-0.4, -0.2) is 33.6 Å². The van der Waals surface area contributed by atoms with E-state index in [0.29, 0.717) is 12.2 Å². The topological polar surface area (TPSA) is 67.6 Å². The minimum absolute atomic E-state index is 0.0816. The number of rotatable bonds is 4. The van der Waals surface area contributed by atoms with Crippen LogP contribution >= 0.6 is 0 Å². The Kier molecular flexibility index (Phi) is 4.86. The second-order valence-corrected chi connectivity index (χ2v) is 6.60. The lowest BCUT2D eigenvalue weighted by molar-refractivity contribution is -0.137. The molecular weight excluding hydrogens is 361 g/mol. The van der Waals surface area contributed by atoms with Crippen molar-refractivity contribution in [3.05, 3.63) is 47.8 Å². The Morgan fingerprint density at radius 3 is 2.59 bits per heavy atom. The molecule has 0 saturated carbocycles. The molecular formula is C18H17F3N4O2. The minimum atomic E-state index is -4.52. The number of nitrogens with zero attached hydrogens (tertiary/aromatic N) is 4. The van der Waals surface area contributed by atoms with E-state index in [-0.39, 0.29) is 17.3 Å². The Morgan fingerprint density at radius 1 is 1.19 bits per heavy atom. The molecule has 0 amide bonds. The van der Waals surface area contributed by atoms with Crippen molar-refractivity contribution >= 4 is 23.0 Å². The van der Waals surface area contributed by atoms with E-state index in [0.717, 1.165) is 17.1 Å². The van der Waals surface area contributed by atoms with Crippen LogP contribution in [0.4, 0.5) is 18.9 Å². The van der Waals surface area contributed by atoms with E-state index in [4.69, 9.17) is 0 Å². The van der Waals surface area contributed by atoms with Crippen molar-refractivity contribution in [1.82, 2.24) is 9.78 Å². The molecule has 0 saturated heterocycles. The lowest BCUT2D eigenvalue weighted by Crippen LogP contribution is -2.42. The van der Waals surface area contributed by atoms with Gasteiger partial charge in [0.1, 0.15) is 6.54 Å². The number of benzene rings is 1. The third-order valence-electron chi connectivity index (χ3n) is 3.95. The molecule has 0 fully saturated rings. The van der Waals surface area contributed by atoms with E-state index in [1.807, 2.05) is 13.8 Å². The summed E-state index contributed by atoms with van der Waals surface area (Å²) in [4.78, 5) is 24.5. The quantitative estimate of drug-likeness (QED) is 0.768. The Hall–Kier alpha value is -2.97. The van der Waals surface area contributed by atoms with Crippen LogP contribution in [0, 0.1) is 5.92 Å². The predicted octanol–water partition coefficient (Wildman–Crippen LogP) is 2.92. The van der Waals surface area contributed by atoms with E-state index < -0.39 is 29.9 Å². The van der Waals surface area contributed by atoms with Gasteiger partial charge in [0, 0.05) is 12.7 Å². The predicted molar refractivity (Wildman–Crippen MR) is 92.4 cm³/mol. The van der Waals surface area contributed by atoms with Gasteiger partial charge in [0.25, 0.3) is 5.78 Å².